The summed E-state index contributed by atoms with van der Waals surface area (Å²) in [6.07, 6.45) is 1.39. The van der Waals surface area contributed by atoms with Crippen molar-refractivity contribution in [3.05, 3.63) is 16.1 Å². The molecule has 3 rings (SSSR count). The van der Waals surface area contributed by atoms with E-state index in [1.54, 1.807) is 24.6 Å². The zero-order valence-corrected chi connectivity index (χ0v) is 19.9. The molecule has 1 aliphatic carbocycles. The number of ketones is 1. The maximum absolute atomic E-state index is 12.5. The molecule has 1 heterocycles. The Labute approximate surface area is 196 Å². The van der Waals surface area contributed by atoms with Crippen LogP contribution in [0.25, 0.3) is 11.0 Å². The van der Waals surface area contributed by atoms with Gasteiger partial charge in [-0.15, -0.1) is 0 Å². The average Bonchev–Trinajstić information content (AvgIpc) is 3.04. The molecule has 32 heavy (non-hydrogen) atoms. The molecule has 1 atom stereocenters. The van der Waals surface area contributed by atoms with E-state index in [2.05, 4.69) is 4.98 Å². The van der Waals surface area contributed by atoms with Crippen LogP contribution >= 0.6 is 23.2 Å². The SMILES string of the molecule is CC(=O)C[C@@H](C)COC1CCC(Oc2nc3c(Cl)c(Cl)c(OCC(F)F)cc3n2C)CC1. The van der Waals surface area contributed by atoms with Gasteiger partial charge in [-0.1, -0.05) is 30.1 Å². The van der Waals surface area contributed by atoms with E-state index in [0.717, 1.165) is 25.7 Å². The molecule has 1 aromatic carbocycles. The molecule has 0 radical (unpaired) electrons. The Kier molecular flexibility index (Phi) is 8.58. The number of alkyl halides is 2. The van der Waals surface area contributed by atoms with E-state index in [1.807, 2.05) is 6.92 Å². The van der Waals surface area contributed by atoms with Crippen LogP contribution in [0.3, 0.4) is 0 Å². The molecule has 1 aliphatic rings. The van der Waals surface area contributed by atoms with Crippen LogP contribution in [-0.4, -0.2) is 47.2 Å². The Bertz CT molecular complexity index is 946. The molecule has 178 valence electrons. The maximum Gasteiger partial charge on any atom is 0.297 e. The van der Waals surface area contributed by atoms with Gasteiger partial charge in [-0.3, -0.25) is 4.57 Å². The quantitative estimate of drug-likeness (QED) is 0.416. The first-order valence-corrected chi connectivity index (χ1v) is 11.4. The first kappa shape index (κ1) is 25.0. The summed E-state index contributed by atoms with van der Waals surface area (Å²) < 4.78 is 43.9. The topological polar surface area (TPSA) is 62.6 Å². The predicted octanol–water partition coefficient (Wildman–Crippen LogP) is 5.85. The number of benzene rings is 1. The van der Waals surface area contributed by atoms with E-state index < -0.39 is 13.0 Å². The highest BCUT2D eigenvalue weighted by Crippen LogP contribution is 2.40. The van der Waals surface area contributed by atoms with Gasteiger partial charge in [0.15, 0.2) is 0 Å². The summed E-state index contributed by atoms with van der Waals surface area (Å²) in [5, 5.41) is 0.178. The third kappa shape index (κ3) is 6.23. The van der Waals surface area contributed by atoms with E-state index >= 15 is 0 Å². The molecule has 2 aromatic rings. The van der Waals surface area contributed by atoms with Crippen LogP contribution in [-0.2, 0) is 16.6 Å². The minimum atomic E-state index is -2.62. The molecule has 0 spiro atoms. The van der Waals surface area contributed by atoms with Gasteiger partial charge in [-0.25, -0.2) is 8.78 Å². The van der Waals surface area contributed by atoms with Gasteiger partial charge in [-0.05, 0) is 38.5 Å². The van der Waals surface area contributed by atoms with Crippen molar-refractivity contribution in [2.75, 3.05) is 13.2 Å². The fourth-order valence-corrected chi connectivity index (χ4v) is 4.33. The number of Topliss-reactive ketones (excluding diaryl/α,β-unsaturated/α-hetero) is 1. The third-order valence-electron chi connectivity index (χ3n) is 5.49. The Morgan fingerprint density at radius 1 is 1.19 bits per heavy atom. The lowest BCUT2D eigenvalue weighted by Gasteiger charge is -2.29. The van der Waals surface area contributed by atoms with E-state index in [-0.39, 0.29) is 39.7 Å². The van der Waals surface area contributed by atoms with E-state index in [9.17, 15) is 13.6 Å². The molecule has 0 saturated heterocycles. The molecule has 1 saturated carbocycles. The number of rotatable bonds is 10. The van der Waals surface area contributed by atoms with E-state index in [0.29, 0.717) is 30.1 Å². The number of hydrogen-bond acceptors (Lipinski definition) is 5. The molecular weight excluding hydrogens is 465 g/mol. The Morgan fingerprint density at radius 2 is 1.84 bits per heavy atom. The van der Waals surface area contributed by atoms with E-state index in [4.69, 9.17) is 37.4 Å². The van der Waals surface area contributed by atoms with Crippen LogP contribution in [0.15, 0.2) is 6.07 Å². The van der Waals surface area contributed by atoms with E-state index in [1.165, 1.54) is 0 Å². The summed E-state index contributed by atoms with van der Waals surface area (Å²) in [5.74, 6) is 0.470. The van der Waals surface area contributed by atoms with Crippen molar-refractivity contribution in [2.45, 2.75) is 64.6 Å². The summed E-state index contributed by atoms with van der Waals surface area (Å²) in [6, 6.07) is 1.92. The van der Waals surface area contributed by atoms with Crippen molar-refractivity contribution in [1.29, 1.82) is 0 Å². The molecule has 1 aromatic heterocycles. The number of carbonyl (C=O) groups is 1. The number of nitrogens with zero attached hydrogens (tertiary/aromatic N) is 2. The van der Waals surface area contributed by atoms with Gasteiger partial charge in [0.05, 0.1) is 16.6 Å². The molecule has 10 heteroatoms. The smallest absolute Gasteiger partial charge is 0.297 e. The van der Waals surface area contributed by atoms with Gasteiger partial charge in [0.1, 0.15) is 34.8 Å². The van der Waals surface area contributed by atoms with Gasteiger partial charge in [0.2, 0.25) is 0 Å². The van der Waals surface area contributed by atoms with Crippen LogP contribution in [0.1, 0.15) is 46.0 Å². The highest BCUT2D eigenvalue weighted by Gasteiger charge is 2.26. The number of halogens is 4. The lowest BCUT2D eigenvalue weighted by Crippen LogP contribution is -2.30. The summed E-state index contributed by atoms with van der Waals surface area (Å²) in [6.45, 7) is 3.42. The summed E-state index contributed by atoms with van der Waals surface area (Å²) in [5.41, 5.74) is 1.00. The van der Waals surface area contributed by atoms with Gasteiger partial charge in [0.25, 0.3) is 12.4 Å². The van der Waals surface area contributed by atoms with Crippen molar-refractivity contribution in [3.8, 4) is 11.8 Å². The fraction of sp³-hybridized carbons (Fsp3) is 0.636. The molecule has 0 bridgehead atoms. The number of aryl methyl sites for hydroxylation is 1. The summed E-state index contributed by atoms with van der Waals surface area (Å²) >= 11 is 12.5. The number of ether oxygens (including phenoxy) is 3. The monoisotopic (exact) mass is 492 g/mol. The predicted molar refractivity (Wildman–Crippen MR) is 119 cm³/mol. The molecule has 0 amide bonds. The molecule has 1 fully saturated rings. The summed E-state index contributed by atoms with van der Waals surface area (Å²) in [4.78, 5) is 15.7. The molecule has 0 unspecified atom stereocenters. The normalized spacial score (nSPS) is 20.0. The minimum absolute atomic E-state index is 0.0243. The largest absolute Gasteiger partial charge is 0.486 e. The Morgan fingerprint density at radius 3 is 2.47 bits per heavy atom. The van der Waals surface area contributed by atoms with Crippen LogP contribution in [0, 0.1) is 5.92 Å². The number of imidazole rings is 1. The number of aromatic nitrogens is 2. The van der Waals surface area contributed by atoms with Gasteiger partial charge in [0, 0.05) is 26.1 Å². The second-order valence-corrected chi connectivity index (χ2v) is 9.14. The fourth-order valence-electron chi connectivity index (χ4n) is 3.90. The highest BCUT2D eigenvalue weighted by atomic mass is 35.5. The molecule has 0 aliphatic heterocycles. The molecule has 0 N–H and O–H groups in total. The first-order chi connectivity index (χ1) is 15.2. The molecular formula is C22H28Cl2F2N2O4. The second kappa shape index (κ2) is 11.0. The van der Waals surface area contributed by atoms with Crippen LogP contribution < -0.4 is 9.47 Å². The van der Waals surface area contributed by atoms with Crippen molar-refractivity contribution in [1.82, 2.24) is 9.55 Å². The van der Waals surface area contributed by atoms with Crippen LogP contribution in [0.2, 0.25) is 10.0 Å². The minimum Gasteiger partial charge on any atom is -0.486 e. The number of hydrogen-bond donors (Lipinski definition) is 0. The Balaban J connectivity index is 1.61. The summed E-state index contributed by atoms with van der Waals surface area (Å²) in [7, 11) is 1.76. The second-order valence-electron chi connectivity index (χ2n) is 8.39. The number of carbonyl (C=O) groups excluding carboxylic acids is 1. The lowest BCUT2D eigenvalue weighted by molar-refractivity contribution is -0.118. The maximum atomic E-state index is 12.5. The molecule has 6 nitrogen and oxygen atoms in total. The van der Waals surface area contributed by atoms with Gasteiger partial charge < -0.3 is 19.0 Å². The van der Waals surface area contributed by atoms with Crippen LogP contribution in [0.5, 0.6) is 11.8 Å². The van der Waals surface area contributed by atoms with Gasteiger partial charge in [-0.2, -0.15) is 4.98 Å². The van der Waals surface area contributed by atoms with Crippen LogP contribution in [0.4, 0.5) is 8.78 Å². The highest BCUT2D eigenvalue weighted by molar-refractivity contribution is 6.45. The lowest BCUT2D eigenvalue weighted by atomic mass is 9.95. The van der Waals surface area contributed by atoms with Gasteiger partial charge >= 0.3 is 0 Å². The zero-order chi connectivity index (χ0) is 23.4. The zero-order valence-electron chi connectivity index (χ0n) is 18.4. The van der Waals surface area contributed by atoms with Crippen molar-refractivity contribution in [3.63, 3.8) is 0 Å². The standard InChI is InChI=1S/C22H28Cl2F2N2O4/c1-12(8-13(2)29)10-30-14-4-6-15(7-5-14)32-22-27-21-16(28(22)3)9-17(19(23)20(21)24)31-11-18(25)26/h9,12,14-15,18H,4-8,10-11H2,1-3H3/t12-,14?,15?/m1/s1. The van der Waals surface area contributed by atoms with Crippen molar-refractivity contribution in [2.24, 2.45) is 13.0 Å². The van der Waals surface area contributed by atoms with Crippen molar-refractivity contribution >= 4 is 40.0 Å². The Hall–Kier alpha value is -1.64. The first-order valence-electron chi connectivity index (χ1n) is 10.7. The third-order valence-corrected chi connectivity index (χ3v) is 6.33. The number of fused-ring (bicyclic) bond motifs is 1. The van der Waals surface area contributed by atoms with Crippen molar-refractivity contribution < 1.29 is 27.8 Å². The average molecular weight is 493 g/mol.